The van der Waals surface area contributed by atoms with E-state index in [4.69, 9.17) is 9.47 Å². The summed E-state index contributed by atoms with van der Waals surface area (Å²) in [6.45, 7) is 2.74. The van der Waals surface area contributed by atoms with Gasteiger partial charge in [-0.05, 0) is 43.2 Å². The zero-order valence-electron chi connectivity index (χ0n) is 17.2. The summed E-state index contributed by atoms with van der Waals surface area (Å²) in [6.07, 6.45) is 1.23. The fourth-order valence-electron chi connectivity index (χ4n) is 3.24. The number of benzene rings is 2. The summed E-state index contributed by atoms with van der Waals surface area (Å²) in [5.74, 6) is -1.19. The van der Waals surface area contributed by atoms with Crippen molar-refractivity contribution in [1.29, 1.82) is 0 Å². The van der Waals surface area contributed by atoms with Gasteiger partial charge < -0.3 is 14.8 Å². The predicted molar refractivity (Wildman–Crippen MR) is 112 cm³/mol. The van der Waals surface area contributed by atoms with Crippen LogP contribution in [0.2, 0.25) is 0 Å². The van der Waals surface area contributed by atoms with Gasteiger partial charge in [0.2, 0.25) is 15.9 Å². The Labute approximate surface area is 180 Å². The first-order valence-electron chi connectivity index (χ1n) is 9.77. The molecular weight excluding hydrogens is 430 g/mol. The van der Waals surface area contributed by atoms with Crippen molar-refractivity contribution in [2.24, 2.45) is 0 Å². The Kier molecular flexibility index (Phi) is 6.99. The Bertz CT molecular complexity index is 1060. The van der Waals surface area contributed by atoms with E-state index in [0.717, 1.165) is 28.3 Å². The summed E-state index contributed by atoms with van der Waals surface area (Å²) in [4.78, 5) is 12.3. The second kappa shape index (κ2) is 9.51. The van der Waals surface area contributed by atoms with Gasteiger partial charge in [0.1, 0.15) is 13.2 Å². The molecule has 168 valence electrons. The molecule has 1 aliphatic heterocycles. The molecule has 0 radical (unpaired) electrons. The van der Waals surface area contributed by atoms with Crippen LogP contribution in [0.1, 0.15) is 31.4 Å². The Morgan fingerprint density at radius 2 is 1.81 bits per heavy atom. The molecule has 1 amide bonds. The van der Waals surface area contributed by atoms with Gasteiger partial charge in [0.15, 0.2) is 23.1 Å². The average molecular weight is 454 g/mol. The van der Waals surface area contributed by atoms with Crippen LogP contribution in [0.3, 0.4) is 0 Å². The van der Waals surface area contributed by atoms with Gasteiger partial charge in [-0.2, -0.15) is 0 Å². The zero-order valence-corrected chi connectivity index (χ0v) is 18.0. The highest BCUT2D eigenvalue weighted by atomic mass is 32.2. The summed E-state index contributed by atoms with van der Waals surface area (Å²) in [5.41, 5.74) is 0.851. The Morgan fingerprint density at radius 3 is 2.48 bits per heavy atom. The number of carbonyl (C=O) groups excluding carboxylic acids is 1. The maximum atomic E-state index is 13.5. The molecular formula is C21H24F2N2O5S. The number of carbonyl (C=O) groups is 1. The Morgan fingerprint density at radius 1 is 1.10 bits per heavy atom. The molecule has 0 saturated carbocycles. The van der Waals surface area contributed by atoms with Gasteiger partial charge in [-0.15, -0.1) is 0 Å². The van der Waals surface area contributed by atoms with Gasteiger partial charge >= 0.3 is 0 Å². The third-order valence-electron chi connectivity index (χ3n) is 4.80. The largest absolute Gasteiger partial charge is 0.486 e. The summed E-state index contributed by atoms with van der Waals surface area (Å²) < 4.78 is 62.8. The van der Waals surface area contributed by atoms with Crippen molar-refractivity contribution in [2.45, 2.75) is 25.8 Å². The minimum absolute atomic E-state index is 0.00598. The van der Waals surface area contributed by atoms with Crippen molar-refractivity contribution in [3.05, 3.63) is 53.6 Å². The molecule has 2 aromatic rings. The highest BCUT2D eigenvalue weighted by Crippen LogP contribution is 2.32. The molecule has 0 spiro atoms. The van der Waals surface area contributed by atoms with Crippen LogP contribution < -0.4 is 19.1 Å². The monoisotopic (exact) mass is 454 g/mol. The molecule has 0 aliphatic carbocycles. The number of rotatable bonds is 8. The van der Waals surface area contributed by atoms with Crippen molar-refractivity contribution in [2.75, 3.05) is 30.3 Å². The van der Waals surface area contributed by atoms with Crippen LogP contribution in [0.5, 0.6) is 11.5 Å². The summed E-state index contributed by atoms with van der Waals surface area (Å²) in [7, 11) is -3.73. The molecule has 1 atom stereocenters. The molecule has 31 heavy (non-hydrogen) atoms. The maximum absolute atomic E-state index is 13.5. The quantitative estimate of drug-likeness (QED) is 0.662. The van der Waals surface area contributed by atoms with E-state index in [2.05, 4.69) is 5.32 Å². The normalized spacial score (nSPS) is 14.1. The number of fused-ring (bicyclic) bond motifs is 1. The number of anilines is 1. The van der Waals surface area contributed by atoms with Crippen molar-refractivity contribution < 1.29 is 31.5 Å². The number of halogens is 2. The summed E-state index contributed by atoms with van der Waals surface area (Å²) in [5, 5.41) is 2.86. The van der Waals surface area contributed by atoms with E-state index >= 15 is 0 Å². The van der Waals surface area contributed by atoms with Gasteiger partial charge in [0.25, 0.3) is 0 Å². The van der Waals surface area contributed by atoms with E-state index in [1.165, 1.54) is 6.07 Å². The van der Waals surface area contributed by atoms with Crippen molar-refractivity contribution in [3.63, 3.8) is 0 Å². The SMILES string of the molecule is C[C@H](NC(=O)CCCN(c1ccc(F)c(F)c1)S(C)(=O)=O)c1ccc2c(c1)OCCO2. The highest BCUT2D eigenvalue weighted by molar-refractivity contribution is 7.92. The average Bonchev–Trinajstić information content (AvgIpc) is 2.72. The van der Waals surface area contributed by atoms with Crippen LogP contribution in [0, 0.1) is 11.6 Å². The summed E-state index contributed by atoms with van der Waals surface area (Å²) in [6, 6.07) is 8.02. The number of ether oxygens (including phenoxy) is 2. The molecule has 7 nitrogen and oxygen atoms in total. The van der Waals surface area contributed by atoms with E-state index < -0.39 is 21.7 Å². The molecule has 0 aromatic heterocycles. The van der Waals surface area contributed by atoms with Gasteiger partial charge in [0.05, 0.1) is 18.0 Å². The summed E-state index contributed by atoms with van der Waals surface area (Å²) >= 11 is 0. The maximum Gasteiger partial charge on any atom is 0.232 e. The molecule has 0 saturated heterocycles. The van der Waals surface area contributed by atoms with Gasteiger partial charge in [0, 0.05) is 19.0 Å². The van der Waals surface area contributed by atoms with Crippen LogP contribution in [0.25, 0.3) is 0 Å². The fourth-order valence-corrected chi connectivity index (χ4v) is 4.19. The molecule has 2 aromatic carbocycles. The molecule has 10 heteroatoms. The standard InChI is InChI=1S/C21H24F2N2O5S/c1-14(15-5-8-19-20(12-15)30-11-10-29-19)24-21(26)4-3-9-25(31(2,27)28)16-6-7-17(22)18(23)13-16/h5-8,12-14H,3-4,9-11H2,1-2H3,(H,24,26)/t14-/m0/s1. The minimum Gasteiger partial charge on any atom is -0.486 e. The smallest absolute Gasteiger partial charge is 0.232 e. The molecule has 1 aliphatic rings. The minimum atomic E-state index is -3.73. The van der Waals surface area contributed by atoms with Crippen molar-refractivity contribution in [3.8, 4) is 11.5 Å². The van der Waals surface area contributed by atoms with E-state index in [-0.39, 0.29) is 37.0 Å². The lowest BCUT2D eigenvalue weighted by atomic mass is 10.1. The third-order valence-corrected chi connectivity index (χ3v) is 5.99. The first-order chi connectivity index (χ1) is 14.6. The second-order valence-corrected chi connectivity index (χ2v) is 9.14. The molecule has 1 N–H and O–H groups in total. The molecule has 3 rings (SSSR count). The lowest BCUT2D eigenvalue weighted by Crippen LogP contribution is -2.32. The molecule has 1 heterocycles. The van der Waals surface area contributed by atoms with E-state index in [9.17, 15) is 22.0 Å². The lowest BCUT2D eigenvalue weighted by Gasteiger charge is -2.23. The Hall–Kier alpha value is -2.88. The first-order valence-corrected chi connectivity index (χ1v) is 11.6. The van der Waals surface area contributed by atoms with E-state index in [1.807, 2.05) is 19.1 Å². The number of hydrogen-bond donors (Lipinski definition) is 1. The van der Waals surface area contributed by atoms with Gasteiger partial charge in [-0.1, -0.05) is 6.07 Å². The zero-order chi connectivity index (χ0) is 22.6. The van der Waals surface area contributed by atoms with Crippen LogP contribution in [-0.4, -0.2) is 40.3 Å². The number of hydrogen-bond acceptors (Lipinski definition) is 5. The van der Waals surface area contributed by atoms with Crippen LogP contribution in [0.4, 0.5) is 14.5 Å². The van der Waals surface area contributed by atoms with E-state index in [0.29, 0.717) is 24.7 Å². The van der Waals surface area contributed by atoms with Crippen LogP contribution in [0.15, 0.2) is 36.4 Å². The van der Waals surface area contributed by atoms with Crippen molar-refractivity contribution >= 4 is 21.6 Å². The Balaban J connectivity index is 1.57. The van der Waals surface area contributed by atoms with Crippen LogP contribution in [-0.2, 0) is 14.8 Å². The lowest BCUT2D eigenvalue weighted by molar-refractivity contribution is -0.121. The number of sulfonamides is 1. The van der Waals surface area contributed by atoms with Crippen LogP contribution >= 0.6 is 0 Å². The van der Waals surface area contributed by atoms with Crippen molar-refractivity contribution in [1.82, 2.24) is 5.32 Å². The highest BCUT2D eigenvalue weighted by Gasteiger charge is 2.20. The van der Waals surface area contributed by atoms with Gasteiger partial charge in [-0.3, -0.25) is 9.10 Å². The van der Waals surface area contributed by atoms with Gasteiger partial charge in [-0.25, -0.2) is 17.2 Å². The predicted octanol–water partition coefficient (Wildman–Crippen LogP) is 3.16. The third kappa shape index (κ3) is 5.84. The number of nitrogens with one attached hydrogen (secondary N) is 1. The number of nitrogens with zero attached hydrogens (tertiary/aromatic N) is 1. The topological polar surface area (TPSA) is 84.9 Å². The second-order valence-electron chi connectivity index (χ2n) is 7.23. The first kappa shape index (κ1) is 22.8. The fraction of sp³-hybridized carbons (Fsp3) is 0.381. The molecule has 0 fully saturated rings. The molecule has 0 unspecified atom stereocenters. The van der Waals surface area contributed by atoms with E-state index in [1.54, 1.807) is 6.07 Å². The number of amides is 1. The molecule has 0 bridgehead atoms.